The van der Waals surface area contributed by atoms with E-state index in [2.05, 4.69) is 15.4 Å². The Morgan fingerprint density at radius 3 is 2.92 bits per heavy atom. The van der Waals surface area contributed by atoms with Gasteiger partial charge in [0.15, 0.2) is 0 Å². The Balaban J connectivity index is 0.00000225. The Labute approximate surface area is 154 Å². The van der Waals surface area contributed by atoms with Crippen LogP contribution in [0.4, 0.5) is 8.78 Å². The van der Waals surface area contributed by atoms with Crippen molar-refractivity contribution in [1.82, 2.24) is 10.6 Å². The fourth-order valence-corrected chi connectivity index (χ4v) is 3.88. The normalized spacial score (nSPS) is 26.5. The molecule has 3 atom stereocenters. The molecule has 0 aromatic heterocycles. The first-order chi connectivity index (χ1) is 11.6. The van der Waals surface area contributed by atoms with E-state index in [-0.39, 0.29) is 18.2 Å². The van der Waals surface area contributed by atoms with Gasteiger partial charge >= 0.3 is 6.61 Å². The highest BCUT2D eigenvalue weighted by molar-refractivity contribution is 5.85. The number of rotatable bonds is 6. The Hall–Kier alpha value is -0.950. The molecule has 2 N–H and O–H groups in total. The first-order valence-corrected chi connectivity index (χ1v) is 8.72. The summed E-state index contributed by atoms with van der Waals surface area (Å²) >= 11 is 0. The minimum Gasteiger partial charge on any atom is -0.434 e. The van der Waals surface area contributed by atoms with Gasteiger partial charge in [-0.3, -0.25) is 0 Å². The van der Waals surface area contributed by atoms with Crippen molar-refractivity contribution in [3.05, 3.63) is 29.3 Å². The van der Waals surface area contributed by atoms with Crippen molar-refractivity contribution in [2.75, 3.05) is 19.8 Å². The van der Waals surface area contributed by atoms with Crippen molar-refractivity contribution < 1.29 is 18.3 Å². The molecule has 2 aliphatic rings. The minimum absolute atomic E-state index is 0. The summed E-state index contributed by atoms with van der Waals surface area (Å²) < 4.78 is 35.4. The van der Waals surface area contributed by atoms with Gasteiger partial charge in [0.25, 0.3) is 0 Å². The van der Waals surface area contributed by atoms with Crippen LogP contribution < -0.4 is 15.4 Å². The van der Waals surface area contributed by atoms with Gasteiger partial charge in [-0.2, -0.15) is 8.78 Å². The van der Waals surface area contributed by atoms with E-state index < -0.39 is 6.61 Å². The molecule has 25 heavy (non-hydrogen) atoms. The molecule has 1 saturated heterocycles. The van der Waals surface area contributed by atoms with E-state index in [0.717, 1.165) is 37.3 Å². The van der Waals surface area contributed by atoms with Crippen molar-refractivity contribution in [1.29, 1.82) is 0 Å². The average Bonchev–Trinajstić information content (AvgIpc) is 3.04. The average molecular weight is 377 g/mol. The first-order valence-electron chi connectivity index (χ1n) is 8.72. The number of hydrogen-bond acceptors (Lipinski definition) is 4. The van der Waals surface area contributed by atoms with E-state index >= 15 is 0 Å². The van der Waals surface area contributed by atoms with Gasteiger partial charge in [-0.15, -0.1) is 12.4 Å². The van der Waals surface area contributed by atoms with Crippen LogP contribution in [-0.2, 0) is 11.3 Å². The number of morpholine rings is 1. The number of nitrogens with one attached hydrogen (secondary N) is 2. The lowest BCUT2D eigenvalue weighted by atomic mass is 9.93. The van der Waals surface area contributed by atoms with Crippen LogP contribution in [0.25, 0.3) is 0 Å². The lowest BCUT2D eigenvalue weighted by Gasteiger charge is -2.33. The Morgan fingerprint density at radius 2 is 2.20 bits per heavy atom. The molecule has 142 valence electrons. The van der Waals surface area contributed by atoms with Crippen molar-refractivity contribution >= 4 is 12.4 Å². The molecule has 3 unspecified atom stereocenters. The zero-order chi connectivity index (χ0) is 16.9. The smallest absolute Gasteiger partial charge is 0.387 e. The van der Waals surface area contributed by atoms with Gasteiger partial charge in [0, 0.05) is 30.7 Å². The maximum Gasteiger partial charge on any atom is 0.387 e. The molecule has 1 aliphatic heterocycles. The second-order valence-electron chi connectivity index (χ2n) is 6.71. The highest BCUT2D eigenvalue weighted by atomic mass is 35.5. The van der Waals surface area contributed by atoms with Gasteiger partial charge in [-0.1, -0.05) is 24.1 Å². The Morgan fingerprint density at radius 1 is 1.36 bits per heavy atom. The third kappa shape index (κ3) is 5.51. The van der Waals surface area contributed by atoms with Gasteiger partial charge in [-0.25, -0.2) is 0 Å². The van der Waals surface area contributed by atoms with Crippen LogP contribution in [0, 0.1) is 12.8 Å². The molecule has 3 rings (SSSR count). The van der Waals surface area contributed by atoms with Crippen molar-refractivity contribution in [2.24, 2.45) is 5.92 Å². The molecule has 1 aliphatic carbocycles. The Bertz CT molecular complexity index is 542. The van der Waals surface area contributed by atoms with Crippen LogP contribution >= 0.6 is 12.4 Å². The molecular formula is C18H27ClF2N2O2. The number of alkyl halides is 2. The summed E-state index contributed by atoms with van der Waals surface area (Å²) in [5.41, 5.74) is 1.83. The van der Waals surface area contributed by atoms with E-state index in [0.29, 0.717) is 24.5 Å². The van der Waals surface area contributed by atoms with Crippen LogP contribution in [0.2, 0.25) is 0 Å². The van der Waals surface area contributed by atoms with Crippen molar-refractivity contribution in [3.63, 3.8) is 0 Å². The number of hydrogen-bond donors (Lipinski definition) is 2. The summed E-state index contributed by atoms with van der Waals surface area (Å²) in [6.45, 7) is 2.13. The Kier molecular flexibility index (Phi) is 7.87. The third-order valence-electron chi connectivity index (χ3n) is 5.02. The molecule has 4 nitrogen and oxygen atoms in total. The summed E-state index contributed by atoms with van der Waals surface area (Å²) in [7, 11) is 0. The van der Waals surface area contributed by atoms with Gasteiger partial charge in [0.1, 0.15) is 5.75 Å². The zero-order valence-corrected chi connectivity index (χ0v) is 15.3. The van der Waals surface area contributed by atoms with Crippen molar-refractivity contribution in [3.8, 4) is 5.75 Å². The predicted octanol–water partition coefficient (Wildman–Crippen LogP) is 3.26. The molecule has 1 aromatic carbocycles. The van der Waals surface area contributed by atoms with Crippen LogP contribution in [0.3, 0.4) is 0 Å². The fraction of sp³-hybridized carbons (Fsp3) is 0.667. The van der Waals surface area contributed by atoms with Gasteiger partial charge in [0.05, 0.1) is 13.2 Å². The maximum absolute atomic E-state index is 12.6. The van der Waals surface area contributed by atoms with E-state index in [1.807, 2.05) is 13.0 Å². The monoisotopic (exact) mass is 376 g/mol. The molecule has 0 amide bonds. The molecule has 7 heteroatoms. The quantitative estimate of drug-likeness (QED) is 0.799. The largest absolute Gasteiger partial charge is 0.434 e. The number of aryl methyl sites for hydroxylation is 1. The van der Waals surface area contributed by atoms with E-state index in [1.54, 1.807) is 12.1 Å². The predicted molar refractivity (Wildman–Crippen MR) is 95.6 cm³/mol. The molecule has 0 bridgehead atoms. The summed E-state index contributed by atoms with van der Waals surface area (Å²) in [5.74, 6) is 0.784. The number of ether oxygens (including phenoxy) is 2. The van der Waals surface area contributed by atoms with E-state index in [4.69, 9.17) is 4.74 Å². The molecule has 1 aromatic rings. The molecular weight excluding hydrogens is 350 g/mol. The molecule has 1 saturated carbocycles. The van der Waals surface area contributed by atoms with E-state index in [9.17, 15) is 8.78 Å². The van der Waals surface area contributed by atoms with E-state index in [1.165, 1.54) is 12.8 Å². The topological polar surface area (TPSA) is 42.5 Å². The van der Waals surface area contributed by atoms with Gasteiger partial charge < -0.3 is 20.1 Å². The number of halogens is 3. The SMILES string of the molecule is Cc1ccc(OC(F)F)c(CNC2CCCC2C2COCCN2)c1.Cl. The highest BCUT2D eigenvalue weighted by Crippen LogP contribution is 2.30. The summed E-state index contributed by atoms with van der Waals surface area (Å²) in [6.07, 6.45) is 3.47. The molecule has 0 radical (unpaired) electrons. The third-order valence-corrected chi connectivity index (χ3v) is 5.02. The lowest BCUT2D eigenvalue weighted by Crippen LogP contribution is -2.50. The molecule has 0 spiro atoms. The lowest BCUT2D eigenvalue weighted by molar-refractivity contribution is -0.0505. The van der Waals surface area contributed by atoms with Gasteiger partial charge in [0.2, 0.25) is 0 Å². The molecule has 1 heterocycles. The minimum atomic E-state index is -2.80. The zero-order valence-electron chi connectivity index (χ0n) is 14.5. The summed E-state index contributed by atoms with van der Waals surface area (Å²) in [6, 6.07) is 6.10. The van der Waals surface area contributed by atoms with Crippen LogP contribution in [0.1, 0.15) is 30.4 Å². The maximum atomic E-state index is 12.6. The first kappa shape index (κ1) is 20.4. The second kappa shape index (κ2) is 9.67. The molecule has 2 fully saturated rings. The standard InChI is InChI=1S/C18H26F2N2O2.ClH/c1-12-5-6-17(24-18(19)20)13(9-12)10-22-15-4-2-3-14(15)16-11-23-8-7-21-16;/h5-6,9,14-16,18,21-22H,2-4,7-8,10-11H2,1H3;1H. The number of benzene rings is 1. The van der Waals surface area contributed by atoms with Gasteiger partial charge in [-0.05, 0) is 31.7 Å². The second-order valence-corrected chi connectivity index (χ2v) is 6.71. The summed E-state index contributed by atoms with van der Waals surface area (Å²) in [5, 5.41) is 7.11. The van der Waals surface area contributed by atoms with Crippen LogP contribution in [0.5, 0.6) is 5.75 Å². The highest BCUT2D eigenvalue weighted by Gasteiger charge is 2.34. The van der Waals surface area contributed by atoms with Crippen LogP contribution in [0.15, 0.2) is 18.2 Å². The van der Waals surface area contributed by atoms with Crippen LogP contribution in [-0.4, -0.2) is 38.5 Å². The fourth-order valence-electron chi connectivity index (χ4n) is 3.88. The summed E-state index contributed by atoms with van der Waals surface area (Å²) in [4.78, 5) is 0. The van der Waals surface area contributed by atoms with Crippen molar-refractivity contribution in [2.45, 2.75) is 51.4 Å².